The van der Waals surface area contributed by atoms with Crippen LogP contribution in [-0.2, 0) is 16.1 Å². The lowest BCUT2D eigenvalue weighted by molar-refractivity contribution is -0.143. The molecule has 7 nitrogen and oxygen atoms in total. The van der Waals surface area contributed by atoms with Crippen molar-refractivity contribution in [2.45, 2.75) is 51.6 Å². The third-order valence-electron chi connectivity index (χ3n) is 5.09. The first-order chi connectivity index (χ1) is 16.0. The van der Waals surface area contributed by atoms with Crippen molar-refractivity contribution >= 4 is 23.7 Å². The fraction of sp³-hybridized carbons (Fsp3) is 0.320. The second-order valence-electron chi connectivity index (χ2n) is 7.96. The number of nitrogens with zero attached hydrogens (tertiary/aromatic N) is 3. The average Bonchev–Trinajstić information content (AvgIpc) is 3.19. The number of benzene rings is 2. The van der Waals surface area contributed by atoms with E-state index < -0.39 is 6.04 Å². The highest BCUT2D eigenvalue weighted by Gasteiger charge is 2.35. The first-order valence-electron chi connectivity index (χ1n) is 11.0. The van der Waals surface area contributed by atoms with E-state index in [1.165, 1.54) is 0 Å². The van der Waals surface area contributed by atoms with Crippen LogP contribution in [0.1, 0.15) is 44.9 Å². The van der Waals surface area contributed by atoms with E-state index in [1.807, 2.05) is 75.4 Å². The van der Waals surface area contributed by atoms with E-state index in [9.17, 15) is 4.79 Å². The van der Waals surface area contributed by atoms with Gasteiger partial charge in [-0.25, -0.2) is 9.48 Å². The van der Waals surface area contributed by atoms with Gasteiger partial charge >= 0.3 is 5.97 Å². The number of carbonyl (C=O) groups is 1. The lowest BCUT2D eigenvalue weighted by atomic mass is 9.95. The summed E-state index contributed by atoms with van der Waals surface area (Å²) in [4.78, 5) is 17.7. The molecule has 4 rings (SSSR count). The summed E-state index contributed by atoms with van der Waals surface area (Å²) in [7, 11) is 0. The summed E-state index contributed by atoms with van der Waals surface area (Å²) in [6.07, 6.45) is -0.234. The van der Waals surface area contributed by atoms with Crippen LogP contribution in [0.3, 0.4) is 0 Å². The lowest BCUT2D eigenvalue weighted by Gasteiger charge is -2.28. The number of rotatable bonds is 8. The van der Waals surface area contributed by atoms with E-state index in [4.69, 9.17) is 14.6 Å². The number of hydrogen-bond donors (Lipinski definition) is 1. The normalized spacial score (nSPS) is 15.2. The fourth-order valence-corrected chi connectivity index (χ4v) is 4.24. The van der Waals surface area contributed by atoms with Crippen molar-refractivity contribution < 1.29 is 14.3 Å². The molecule has 3 aromatic rings. The van der Waals surface area contributed by atoms with Crippen LogP contribution < -0.4 is 10.1 Å². The Bertz CT molecular complexity index is 1160. The number of anilines is 1. The number of thioether (sulfide) groups is 1. The number of esters is 1. The van der Waals surface area contributed by atoms with E-state index in [2.05, 4.69) is 17.2 Å². The second-order valence-corrected chi connectivity index (χ2v) is 9.19. The number of nitrogens with one attached hydrogen (secondary N) is 1. The first kappa shape index (κ1) is 22.9. The molecule has 1 aliphatic heterocycles. The zero-order valence-electron chi connectivity index (χ0n) is 19.2. The molecule has 1 atom stereocenters. The van der Waals surface area contributed by atoms with Gasteiger partial charge in [0.15, 0.2) is 0 Å². The van der Waals surface area contributed by atoms with Gasteiger partial charge in [-0.1, -0.05) is 61.2 Å². The first-order valence-corrected chi connectivity index (χ1v) is 12.0. The molecule has 8 heteroatoms. The Morgan fingerprint density at radius 2 is 1.97 bits per heavy atom. The molecular weight excluding hydrogens is 436 g/mol. The predicted molar refractivity (Wildman–Crippen MR) is 129 cm³/mol. The molecule has 2 aromatic carbocycles. The van der Waals surface area contributed by atoms with Crippen LogP contribution in [0.5, 0.6) is 5.75 Å². The Morgan fingerprint density at radius 1 is 1.18 bits per heavy atom. The maximum Gasteiger partial charge on any atom is 0.338 e. The smallest absolute Gasteiger partial charge is 0.338 e. The minimum Gasteiger partial charge on any atom is -0.489 e. The second kappa shape index (κ2) is 10.1. The molecule has 0 aliphatic carbocycles. The van der Waals surface area contributed by atoms with Gasteiger partial charge in [-0.15, -0.1) is 5.10 Å². The number of carbonyl (C=O) groups excluding carboxylic acids is 1. The van der Waals surface area contributed by atoms with Crippen molar-refractivity contribution in [3.05, 3.63) is 77.0 Å². The molecule has 2 heterocycles. The maximum absolute atomic E-state index is 13.1. The van der Waals surface area contributed by atoms with E-state index in [1.54, 1.807) is 16.4 Å². The Kier molecular flexibility index (Phi) is 7.03. The molecule has 0 fully saturated rings. The third-order valence-corrected chi connectivity index (χ3v) is 5.81. The minimum absolute atomic E-state index is 0.234. The Hall–Kier alpha value is -3.26. The summed E-state index contributed by atoms with van der Waals surface area (Å²) in [5.74, 6) is 1.80. The fourth-order valence-electron chi connectivity index (χ4n) is 3.69. The standard InChI is InChI=1S/C25H28N4O3S/c1-5-33-25-27-24-26-17(4)21(23(30)32-16(2)3)22(29(24)28-25)19-12-9-13-20(14-19)31-15-18-10-7-6-8-11-18/h6-14,16,22H,5,15H2,1-4H3,(H,26,27,28). The van der Waals surface area contributed by atoms with E-state index in [0.29, 0.717) is 34.7 Å². The van der Waals surface area contributed by atoms with Gasteiger partial charge in [0.1, 0.15) is 18.4 Å². The van der Waals surface area contributed by atoms with Crippen molar-refractivity contribution in [1.82, 2.24) is 14.8 Å². The summed E-state index contributed by atoms with van der Waals surface area (Å²) in [5.41, 5.74) is 3.17. The quantitative estimate of drug-likeness (QED) is 0.362. The van der Waals surface area contributed by atoms with Crippen molar-refractivity contribution in [1.29, 1.82) is 0 Å². The molecule has 0 saturated carbocycles. The van der Waals surface area contributed by atoms with Gasteiger partial charge in [0, 0.05) is 5.70 Å². The lowest BCUT2D eigenvalue weighted by Crippen LogP contribution is -2.30. The highest BCUT2D eigenvalue weighted by atomic mass is 32.2. The molecule has 172 valence electrons. The zero-order chi connectivity index (χ0) is 23.4. The molecule has 1 aromatic heterocycles. The monoisotopic (exact) mass is 464 g/mol. The van der Waals surface area contributed by atoms with E-state index in [0.717, 1.165) is 16.9 Å². The van der Waals surface area contributed by atoms with Crippen LogP contribution in [0, 0.1) is 0 Å². The minimum atomic E-state index is -0.480. The SMILES string of the molecule is CCSc1nc2n(n1)C(c1cccc(OCc3ccccc3)c1)C(C(=O)OC(C)C)=C(C)N2. The number of hydrogen-bond acceptors (Lipinski definition) is 7. The van der Waals surface area contributed by atoms with Crippen molar-refractivity contribution in [3.63, 3.8) is 0 Å². The topological polar surface area (TPSA) is 78.3 Å². The van der Waals surface area contributed by atoms with Gasteiger partial charge in [-0.05, 0) is 49.8 Å². The van der Waals surface area contributed by atoms with Gasteiger partial charge < -0.3 is 14.8 Å². The summed E-state index contributed by atoms with van der Waals surface area (Å²) in [6.45, 7) is 8.06. The number of aromatic nitrogens is 3. The van der Waals surface area contributed by atoms with Gasteiger partial charge in [0.25, 0.3) is 0 Å². The van der Waals surface area contributed by atoms with Crippen LogP contribution >= 0.6 is 11.8 Å². The number of allylic oxidation sites excluding steroid dienone is 1. The van der Waals surface area contributed by atoms with Crippen LogP contribution in [0.25, 0.3) is 0 Å². The molecular formula is C25H28N4O3S. The molecule has 0 bridgehead atoms. The highest BCUT2D eigenvalue weighted by Crippen LogP contribution is 2.37. The molecule has 33 heavy (non-hydrogen) atoms. The van der Waals surface area contributed by atoms with Crippen molar-refractivity contribution in [2.24, 2.45) is 0 Å². The largest absolute Gasteiger partial charge is 0.489 e. The Balaban J connectivity index is 1.71. The van der Waals surface area contributed by atoms with Crippen molar-refractivity contribution in [2.75, 3.05) is 11.1 Å². The maximum atomic E-state index is 13.1. The molecule has 0 radical (unpaired) electrons. The molecule has 0 amide bonds. The average molecular weight is 465 g/mol. The summed E-state index contributed by atoms with van der Waals surface area (Å²) in [5, 5.41) is 8.58. The van der Waals surface area contributed by atoms with Gasteiger partial charge in [0.2, 0.25) is 11.1 Å². The Labute approximate surface area is 198 Å². The summed E-state index contributed by atoms with van der Waals surface area (Å²) in [6, 6.07) is 17.3. The molecule has 0 spiro atoms. The van der Waals surface area contributed by atoms with Crippen LogP contribution in [0.4, 0.5) is 5.95 Å². The van der Waals surface area contributed by atoms with Gasteiger partial charge in [-0.2, -0.15) is 4.98 Å². The highest BCUT2D eigenvalue weighted by molar-refractivity contribution is 7.99. The molecule has 1 unspecified atom stereocenters. The van der Waals surface area contributed by atoms with E-state index >= 15 is 0 Å². The van der Waals surface area contributed by atoms with Crippen molar-refractivity contribution in [3.8, 4) is 5.75 Å². The Morgan fingerprint density at radius 3 is 2.70 bits per heavy atom. The summed E-state index contributed by atoms with van der Waals surface area (Å²) < 4.78 is 13.4. The predicted octanol–water partition coefficient (Wildman–Crippen LogP) is 5.21. The third kappa shape index (κ3) is 5.22. The molecule has 1 aliphatic rings. The molecule has 1 N–H and O–H groups in total. The van der Waals surface area contributed by atoms with Crippen LogP contribution in [0.15, 0.2) is 71.0 Å². The van der Waals surface area contributed by atoms with Crippen LogP contribution in [-0.4, -0.2) is 32.6 Å². The zero-order valence-corrected chi connectivity index (χ0v) is 20.1. The van der Waals surface area contributed by atoms with Crippen LogP contribution in [0.2, 0.25) is 0 Å². The number of fused-ring (bicyclic) bond motifs is 1. The van der Waals surface area contributed by atoms with Gasteiger partial charge in [-0.3, -0.25) is 0 Å². The summed E-state index contributed by atoms with van der Waals surface area (Å²) >= 11 is 1.55. The van der Waals surface area contributed by atoms with Gasteiger partial charge in [0.05, 0.1) is 11.7 Å². The number of ether oxygens (including phenoxy) is 2. The molecule has 0 saturated heterocycles. The van der Waals surface area contributed by atoms with E-state index in [-0.39, 0.29) is 12.1 Å².